The zero-order chi connectivity index (χ0) is 12.1. The van der Waals surface area contributed by atoms with Gasteiger partial charge in [-0.15, -0.1) is 0 Å². The van der Waals surface area contributed by atoms with E-state index in [2.05, 4.69) is 0 Å². The Kier molecular flexibility index (Phi) is 4.06. The van der Waals surface area contributed by atoms with Crippen molar-refractivity contribution in [1.29, 1.82) is 5.26 Å². The first-order valence-corrected chi connectivity index (χ1v) is 4.49. The fraction of sp³-hybridized carbons (Fsp3) is 0.273. The molecule has 0 aliphatic heterocycles. The number of nitriles is 1. The molecule has 0 aliphatic rings. The summed E-state index contributed by atoms with van der Waals surface area (Å²) in [6.45, 7) is 0. The summed E-state index contributed by atoms with van der Waals surface area (Å²) in [5.74, 6) is -1.70. The molecule has 0 heterocycles. The van der Waals surface area contributed by atoms with Crippen LogP contribution in [0.5, 0.6) is 0 Å². The van der Waals surface area contributed by atoms with Crippen LogP contribution in [0.1, 0.15) is 11.1 Å². The van der Waals surface area contributed by atoms with Gasteiger partial charge in [-0.2, -0.15) is 5.26 Å². The van der Waals surface area contributed by atoms with Crippen molar-refractivity contribution in [3.63, 3.8) is 0 Å². The first-order valence-electron chi connectivity index (χ1n) is 4.49. The van der Waals surface area contributed by atoms with E-state index >= 15 is 0 Å². The van der Waals surface area contributed by atoms with Crippen molar-refractivity contribution in [2.75, 3.05) is 0 Å². The number of benzene rings is 1. The molecule has 0 amide bonds. The molecule has 0 spiro atoms. The van der Waals surface area contributed by atoms with Gasteiger partial charge in [-0.25, -0.2) is 13.2 Å². The molecule has 16 heavy (non-hydrogen) atoms. The van der Waals surface area contributed by atoms with Gasteiger partial charge in [0.15, 0.2) is 6.17 Å². The second-order valence-corrected chi connectivity index (χ2v) is 3.18. The average Bonchev–Trinajstić information content (AvgIpc) is 2.28. The topological polar surface area (TPSA) is 40.9 Å². The van der Waals surface area contributed by atoms with Crippen molar-refractivity contribution in [3.8, 4) is 6.07 Å². The van der Waals surface area contributed by atoms with Crippen molar-refractivity contribution in [2.24, 2.45) is 0 Å². The minimum Gasteiger partial charge on any atom is -0.290 e. The lowest BCUT2D eigenvalue weighted by molar-refractivity contribution is -0.134. The molecule has 2 nitrogen and oxygen atoms in total. The number of carbonyl (C=O) groups excluding carboxylic acids is 1. The lowest BCUT2D eigenvalue weighted by Gasteiger charge is -2.06. The van der Waals surface area contributed by atoms with E-state index in [4.69, 9.17) is 5.26 Å². The molecule has 0 saturated carbocycles. The normalized spacial score (nSPS) is 12.2. The molecule has 0 aliphatic carbocycles. The molecule has 1 atom stereocenters. The van der Waals surface area contributed by atoms with E-state index in [1.165, 1.54) is 24.3 Å². The molecule has 0 bridgehead atoms. The summed E-state index contributed by atoms with van der Waals surface area (Å²) in [5.41, 5.74) is 0.792. The minimum atomic E-state index is -3.28. The van der Waals surface area contributed by atoms with Crippen LogP contribution in [0.3, 0.4) is 0 Å². The van der Waals surface area contributed by atoms with E-state index in [1.54, 1.807) is 0 Å². The SMILES string of the molecule is N#Cc1ccc(CC(F)C(=O)C(F)F)cc1. The quantitative estimate of drug-likeness (QED) is 0.791. The third kappa shape index (κ3) is 3.09. The zero-order valence-corrected chi connectivity index (χ0v) is 8.16. The maximum absolute atomic E-state index is 13.0. The van der Waals surface area contributed by atoms with Crippen LogP contribution in [0.15, 0.2) is 24.3 Å². The molecule has 1 aromatic carbocycles. The number of rotatable bonds is 4. The Morgan fingerprint density at radius 1 is 1.25 bits per heavy atom. The summed E-state index contributed by atoms with van der Waals surface area (Å²) in [6, 6.07) is 7.62. The second kappa shape index (κ2) is 5.31. The number of carbonyl (C=O) groups is 1. The maximum Gasteiger partial charge on any atom is 0.299 e. The molecule has 0 fully saturated rings. The van der Waals surface area contributed by atoms with Gasteiger partial charge in [-0.05, 0) is 17.7 Å². The van der Waals surface area contributed by atoms with Crippen LogP contribution in [0.4, 0.5) is 13.2 Å². The molecule has 0 radical (unpaired) electrons. The third-order valence-corrected chi connectivity index (χ3v) is 2.02. The molecular formula is C11H8F3NO. The van der Waals surface area contributed by atoms with Crippen LogP contribution < -0.4 is 0 Å². The lowest BCUT2D eigenvalue weighted by Crippen LogP contribution is -2.25. The molecule has 5 heteroatoms. The monoisotopic (exact) mass is 227 g/mol. The number of Topliss-reactive ketones (excluding diaryl/α,β-unsaturated/α-hetero) is 1. The predicted octanol–water partition coefficient (Wildman–Crippen LogP) is 2.27. The molecule has 0 aromatic heterocycles. The maximum atomic E-state index is 13.0. The van der Waals surface area contributed by atoms with Gasteiger partial charge in [0.05, 0.1) is 11.6 Å². The highest BCUT2D eigenvalue weighted by atomic mass is 19.3. The number of nitrogens with zero attached hydrogens (tertiary/aromatic N) is 1. The second-order valence-electron chi connectivity index (χ2n) is 3.18. The standard InChI is InChI=1S/C11H8F3NO/c12-9(10(16)11(13)14)5-7-1-3-8(6-15)4-2-7/h1-4,9,11H,5H2. The molecule has 0 saturated heterocycles. The summed E-state index contributed by atoms with van der Waals surface area (Å²) in [4.78, 5) is 10.6. The van der Waals surface area contributed by atoms with Crippen molar-refractivity contribution in [2.45, 2.75) is 19.0 Å². The highest BCUT2D eigenvalue weighted by Crippen LogP contribution is 2.11. The molecule has 1 rings (SSSR count). The van der Waals surface area contributed by atoms with E-state index in [9.17, 15) is 18.0 Å². The molecule has 0 N–H and O–H groups in total. The Morgan fingerprint density at radius 2 is 1.81 bits per heavy atom. The smallest absolute Gasteiger partial charge is 0.290 e. The van der Waals surface area contributed by atoms with Crippen molar-refractivity contribution in [1.82, 2.24) is 0 Å². The van der Waals surface area contributed by atoms with Gasteiger partial charge in [0, 0.05) is 6.42 Å². The van der Waals surface area contributed by atoms with E-state index in [0.29, 0.717) is 11.1 Å². The van der Waals surface area contributed by atoms with E-state index in [-0.39, 0.29) is 0 Å². The van der Waals surface area contributed by atoms with Crippen molar-refractivity contribution >= 4 is 5.78 Å². The Morgan fingerprint density at radius 3 is 2.25 bits per heavy atom. The van der Waals surface area contributed by atoms with Crippen LogP contribution in [0, 0.1) is 11.3 Å². The Balaban J connectivity index is 2.67. The van der Waals surface area contributed by atoms with Gasteiger partial charge >= 0.3 is 0 Å². The fourth-order valence-corrected chi connectivity index (χ4v) is 1.16. The number of hydrogen-bond acceptors (Lipinski definition) is 2. The highest BCUT2D eigenvalue weighted by Gasteiger charge is 2.26. The first-order chi connectivity index (χ1) is 7.54. The lowest BCUT2D eigenvalue weighted by atomic mass is 10.0. The third-order valence-electron chi connectivity index (χ3n) is 2.02. The van der Waals surface area contributed by atoms with Crippen LogP contribution in [0.2, 0.25) is 0 Å². The molecule has 84 valence electrons. The van der Waals surface area contributed by atoms with Gasteiger partial charge in [0.2, 0.25) is 5.78 Å². The van der Waals surface area contributed by atoms with Crippen LogP contribution in [0.25, 0.3) is 0 Å². The van der Waals surface area contributed by atoms with E-state index in [0.717, 1.165) is 0 Å². The number of alkyl halides is 3. The van der Waals surface area contributed by atoms with Crippen LogP contribution in [-0.2, 0) is 11.2 Å². The van der Waals surface area contributed by atoms with Crippen LogP contribution >= 0.6 is 0 Å². The summed E-state index contributed by atoms with van der Waals surface area (Å²) < 4.78 is 36.8. The Labute approximate surface area is 90.3 Å². The van der Waals surface area contributed by atoms with Crippen LogP contribution in [-0.4, -0.2) is 18.4 Å². The average molecular weight is 227 g/mol. The largest absolute Gasteiger partial charge is 0.299 e. The first kappa shape index (κ1) is 12.2. The number of hydrogen-bond donors (Lipinski definition) is 0. The number of halogens is 3. The van der Waals surface area contributed by atoms with Gasteiger partial charge in [0.25, 0.3) is 6.43 Å². The number of ketones is 1. The van der Waals surface area contributed by atoms with Gasteiger partial charge in [0.1, 0.15) is 0 Å². The Hall–Kier alpha value is -1.83. The zero-order valence-electron chi connectivity index (χ0n) is 8.16. The summed E-state index contributed by atoms with van der Waals surface area (Å²) >= 11 is 0. The Bertz CT molecular complexity index is 408. The highest BCUT2D eigenvalue weighted by molar-refractivity contribution is 5.86. The fourth-order valence-electron chi connectivity index (χ4n) is 1.16. The van der Waals surface area contributed by atoms with E-state index in [1.807, 2.05) is 6.07 Å². The van der Waals surface area contributed by atoms with Gasteiger partial charge in [-0.3, -0.25) is 4.79 Å². The molecule has 1 aromatic rings. The van der Waals surface area contributed by atoms with E-state index < -0.39 is 24.8 Å². The summed E-state index contributed by atoms with van der Waals surface area (Å²) in [7, 11) is 0. The minimum absolute atomic E-state index is 0.388. The predicted molar refractivity (Wildman–Crippen MR) is 50.8 cm³/mol. The molecule has 1 unspecified atom stereocenters. The van der Waals surface area contributed by atoms with Crippen molar-refractivity contribution in [3.05, 3.63) is 35.4 Å². The summed E-state index contributed by atoms with van der Waals surface area (Å²) in [6.07, 6.45) is -5.88. The van der Waals surface area contributed by atoms with Gasteiger partial charge < -0.3 is 0 Å². The van der Waals surface area contributed by atoms with Crippen molar-refractivity contribution < 1.29 is 18.0 Å². The molecular weight excluding hydrogens is 219 g/mol. The van der Waals surface area contributed by atoms with Gasteiger partial charge in [-0.1, -0.05) is 12.1 Å². The summed E-state index contributed by atoms with van der Waals surface area (Å²) in [5, 5.41) is 8.49.